The Balaban J connectivity index is 1.67. The van der Waals surface area contributed by atoms with Gasteiger partial charge in [0.25, 0.3) is 11.6 Å². The van der Waals surface area contributed by atoms with E-state index in [4.69, 9.17) is 4.74 Å². The molecule has 1 unspecified atom stereocenters. The molecule has 2 aromatic rings. The lowest BCUT2D eigenvalue weighted by Crippen LogP contribution is -2.33. The average Bonchev–Trinajstić information content (AvgIpc) is 2.79. The molecule has 1 aliphatic heterocycles. The third kappa shape index (κ3) is 5.63. The highest BCUT2D eigenvalue weighted by molar-refractivity contribution is 5.97. The molecule has 0 aliphatic carbocycles. The molecular weight excluding hydrogens is 410 g/mol. The molecule has 0 radical (unpaired) electrons. The van der Waals surface area contributed by atoms with Crippen LogP contribution in [-0.2, 0) is 16.0 Å². The number of carbonyl (C=O) groups excluding carboxylic acids is 2. The van der Waals surface area contributed by atoms with E-state index in [-0.39, 0.29) is 11.3 Å². The lowest BCUT2D eigenvalue weighted by molar-refractivity contribution is -0.384. The Morgan fingerprint density at radius 3 is 2.44 bits per heavy atom. The first-order valence-electron chi connectivity index (χ1n) is 10.9. The molecule has 1 saturated heterocycles. The van der Waals surface area contributed by atoms with E-state index in [1.165, 1.54) is 19.1 Å². The van der Waals surface area contributed by atoms with Gasteiger partial charge in [0.2, 0.25) is 0 Å². The van der Waals surface area contributed by atoms with Crippen molar-refractivity contribution in [3.8, 4) is 0 Å². The maximum Gasteiger partial charge on any atom is 0.339 e. The summed E-state index contributed by atoms with van der Waals surface area (Å²) in [5, 5.41) is 14.3. The second-order valence-corrected chi connectivity index (χ2v) is 8.22. The summed E-state index contributed by atoms with van der Waals surface area (Å²) < 4.78 is 5.26. The summed E-state index contributed by atoms with van der Waals surface area (Å²) in [6.07, 6.45) is 1.77. The normalized spacial score (nSPS) is 15.2. The Kier molecular flexibility index (Phi) is 7.45. The minimum Gasteiger partial charge on any atom is -0.449 e. The minimum absolute atomic E-state index is 0.0396. The summed E-state index contributed by atoms with van der Waals surface area (Å²) in [7, 11) is 0. The highest BCUT2D eigenvalue weighted by Crippen LogP contribution is 2.32. The summed E-state index contributed by atoms with van der Waals surface area (Å²) in [5.41, 5.74) is 2.15. The van der Waals surface area contributed by atoms with E-state index in [1.54, 1.807) is 18.2 Å². The lowest BCUT2D eigenvalue weighted by atomic mass is 9.98. The van der Waals surface area contributed by atoms with Crippen molar-refractivity contribution in [2.45, 2.75) is 46.1 Å². The van der Waals surface area contributed by atoms with Gasteiger partial charge in [0.15, 0.2) is 6.10 Å². The Bertz CT molecular complexity index is 982. The predicted octanol–water partition coefficient (Wildman–Crippen LogP) is 4.58. The first kappa shape index (κ1) is 23.2. The van der Waals surface area contributed by atoms with Gasteiger partial charge in [-0.2, -0.15) is 0 Å². The number of ether oxygens (including phenoxy) is 1. The monoisotopic (exact) mass is 439 g/mol. The SMILES string of the molecule is CCc1ccc(NC(=O)C(C)OC(=O)c2ccc(N3CCC(C)CC3)c([N+](=O)[O-])c2)cc1. The predicted molar refractivity (Wildman–Crippen MR) is 123 cm³/mol. The maximum absolute atomic E-state index is 12.6. The number of aryl methyl sites for hydroxylation is 1. The summed E-state index contributed by atoms with van der Waals surface area (Å²) >= 11 is 0. The molecule has 2 aromatic carbocycles. The number of hydrogen-bond donors (Lipinski definition) is 1. The summed E-state index contributed by atoms with van der Waals surface area (Å²) in [6, 6.07) is 11.7. The fraction of sp³-hybridized carbons (Fsp3) is 0.417. The first-order chi connectivity index (χ1) is 15.3. The van der Waals surface area contributed by atoms with Crippen LogP contribution < -0.4 is 10.2 Å². The Hall–Kier alpha value is -3.42. The van der Waals surface area contributed by atoms with Crippen molar-refractivity contribution < 1.29 is 19.2 Å². The lowest BCUT2D eigenvalue weighted by Gasteiger charge is -2.31. The standard InChI is InChI=1S/C24H29N3O5/c1-4-18-5-8-20(9-6-18)25-23(28)17(3)32-24(29)19-7-10-21(22(15-19)27(30)31)26-13-11-16(2)12-14-26/h5-10,15-17H,4,11-14H2,1-3H3,(H,25,28). The fourth-order valence-corrected chi connectivity index (χ4v) is 3.66. The highest BCUT2D eigenvalue weighted by atomic mass is 16.6. The zero-order valence-corrected chi connectivity index (χ0v) is 18.7. The van der Waals surface area contributed by atoms with Crippen LogP contribution in [-0.4, -0.2) is 36.0 Å². The summed E-state index contributed by atoms with van der Waals surface area (Å²) in [4.78, 5) is 38.1. The number of piperidine rings is 1. The van der Waals surface area contributed by atoms with Gasteiger partial charge in [-0.3, -0.25) is 14.9 Å². The van der Waals surface area contributed by atoms with Gasteiger partial charge in [-0.15, -0.1) is 0 Å². The third-order valence-electron chi connectivity index (χ3n) is 5.81. The van der Waals surface area contributed by atoms with Gasteiger partial charge in [0.1, 0.15) is 5.69 Å². The van der Waals surface area contributed by atoms with Crippen LogP contribution in [0.5, 0.6) is 0 Å². The van der Waals surface area contributed by atoms with E-state index < -0.39 is 22.9 Å². The number of carbonyl (C=O) groups is 2. The molecule has 1 heterocycles. The van der Waals surface area contributed by atoms with Gasteiger partial charge in [-0.05, 0) is 61.9 Å². The molecule has 3 rings (SSSR count). The Morgan fingerprint density at radius 2 is 1.84 bits per heavy atom. The van der Waals surface area contributed by atoms with Crippen LogP contribution in [0, 0.1) is 16.0 Å². The van der Waals surface area contributed by atoms with Gasteiger partial charge >= 0.3 is 5.97 Å². The number of hydrogen-bond acceptors (Lipinski definition) is 6. The van der Waals surface area contributed by atoms with Crippen molar-refractivity contribution in [1.82, 2.24) is 0 Å². The van der Waals surface area contributed by atoms with Crippen molar-refractivity contribution in [3.63, 3.8) is 0 Å². The molecule has 32 heavy (non-hydrogen) atoms. The van der Waals surface area contributed by atoms with E-state index in [2.05, 4.69) is 12.2 Å². The molecular formula is C24H29N3O5. The quantitative estimate of drug-likeness (QED) is 0.385. The number of esters is 1. The largest absolute Gasteiger partial charge is 0.449 e. The summed E-state index contributed by atoms with van der Waals surface area (Å²) in [6.45, 7) is 7.15. The van der Waals surface area contributed by atoms with Crippen molar-refractivity contribution in [3.05, 3.63) is 63.7 Å². The second kappa shape index (κ2) is 10.3. The van der Waals surface area contributed by atoms with Gasteiger partial charge < -0.3 is 15.0 Å². The van der Waals surface area contributed by atoms with E-state index in [0.29, 0.717) is 17.3 Å². The molecule has 8 nitrogen and oxygen atoms in total. The van der Waals surface area contributed by atoms with Gasteiger partial charge in [-0.25, -0.2) is 4.79 Å². The fourth-order valence-electron chi connectivity index (χ4n) is 3.66. The topological polar surface area (TPSA) is 102 Å². The Labute approximate surface area is 187 Å². The van der Waals surface area contributed by atoms with Crippen LogP contribution in [0.3, 0.4) is 0 Å². The molecule has 0 saturated carbocycles. The van der Waals surface area contributed by atoms with Crippen molar-refractivity contribution in [2.75, 3.05) is 23.3 Å². The van der Waals surface area contributed by atoms with Crippen LogP contribution in [0.1, 0.15) is 49.5 Å². The highest BCUT2D eigenvalue weighted by Gasteiger charge is 2.26. The van der Waals surface area contributed by atoms with Crippen LogP contribution >= 0.6 is 0 Å². The molecule has 1 aliphatic rings. The number of amides is 1. The van der Waals surface area contributed by atoms with E-state index >= 15 is 0 Å². The average molecular weight is 440 g/mol. The number of rotatable bonds is 7. The molecule has 170 valence electrons. The molecule has 1 fully saturated rings. The van der Waals surface area contributed by atoms with Gasteiger partial charge in [-0.1, -0.05) is 26.0 Å². The Morgan fingerprint density at radius 1 is 1.19 bits per heavy atom. The number of nitro groups is 1. The number of anilines is 2. The zero-order valence-electron chi connectivity index (χ0n) is 18.7. The van der Waals surface area contributed by atoms with Crippen LogP contribution in [0.15, 0.2) is 42.5 Å². The number of nitro benzene ring substituents is 1. The van der Waals surface area contributed by atoms with Crippen molar-refractivity contribution >= 4 is 28.9 Å². The number of benzene rings is 2. The second-order valence-electron chi connectivity index (χ2n) is 8.22. The number of nitrogens with one attached hydrogen (secondary N) is 1. The first-order valence-corrected chi connectivity index (χ1v) is 10.9. The zero-order chi connectivity index (χ0) is 23.3. The van der Waals surface area contributed by atoms with E-state index in [1.807, 2.05) is 24.0 Å². The van der Waals surface area contributed by atoms with Crippen molar-refractivity contribution in [1.29, 1.82) is 0 Å². The van der Waals surface area contributed by atoms with Crippen molar-refractivity contribution in [2.24, 2.45) is 5.92 Å². The maximum atomic E-state index is 12.6. The molecule has 0 bridgehead atoms. The third-order valence-corrected chi connectivity index (χ3v) is 5.81. The number of nitrogens with zero attached hydrogens (tertiary/aromatic N) is 2. The van der Waals surface area contributed by atoms with Gasteiger partial charge in [0, 0.05) is 24.8 Å². The summed E-state index contributed by atoms with van der Waals surface area (Å²) in [5.74, 6) is -0.663. The molecule has 1 amide bonds. The smallest absolute Gasteiger partial charge is 0.339 e. The van der Waals surface area contributed by atoms with Crippen LogP contribution in [0.2, 0.25) is 0 Å². The molecule has 1 N–H and O–H groups in total. The molecule has 0 aromatic heterocycles. The molecule has 1 atom stereocenters. The molecule has 8 heteroatoms. The van der Waals surface area contributed by atoms with Crippen LogP contribution in [0.4, 0.5) is 17.1 Å². The van der Waals surface area contributed by atoms with Gasteiger partial charge in [0.05, 0.1) is 10.5 Å². The van der Waals surface area contributed by atoms with E-state index in [0.717, 1.165) is 37.9 Å². The molecule has 0 spiro atoms. The van der Waals surface area contributed by atoms with Crippen LogP contribution in [0.25, 0.3) is 0 Å². The minimum atomic E-state index is -1.06. The van der Waals surface area contributed by atoms with E-state index in [9.17, 15) is 19.7 Å².